The summed E-state index contributed by atoms with van der Waals surface area (Å²) in [6.45, 7) is 4.02. The third-order valence-corrected chi connectivity index (χ3v) is 5.29. The summed E-state index contributed by atoms with van der Waals surface area (Å²) in [7, 11) is 0. The standard InChI is InChI=1S/C22H23NO5/c1-22(2)13-23(11-19(28-22)20(24)25)21(26)27-12-18-16-9-5-3-7-14(16)15-8-4-6-10-17(15)18/h3-10,18-19H,11-13H2,1-2H3,(H,24,25). The van der Waals surface area contributed by atoms with Crippen molar-refractivity contribution in [3.05, 3.63) is 59.7 Å². The van der Waals surface area contributed by atoms with Crippen molar-refractivity contribution in [2.75, 3.05) is 19.7 Å². The summed E-state index contributed by atoms with van der Waals surface area (Å²) in [4.78, 5) is 25.5. The van der Waals surface area contributed by atoms with Gasteiger partial charge in [-0.3, -0.25) is 0 Å². The Labute approximate surface area is 163 Å². The van der Waals surface area contributed by atoms with E-state index in [1.54, 1.807) is 13.8 Å². The highest BCUT2D eigenvalue weighted by atomic mass is 16.6. The second-order valence-electron chi connectivity index (χ2n) is 7.89. The van der Waals surface area contributed by atoms with Crippen LogP contribution in [0.1, 0.15) is 30.9 Å². The average molecular weight is 381 g/mol. The molecule has 2 aliphatic rings. The third kappa shape index (κ3) is 3.36. The molecule has 6 heteroatoms. The molecule has 0 bridgehead atoms. The minimum Gasteiger partial charge on any atom is -0.479 e. The second kappa shape index (κ2) is 6.95. The van der Waals surface area contributed by atoms with Gasteiger partial charge in [0.15, 0.2) is 6.10 Å². The molecule has 28 heavy (non-hydrogen) atoms. The van der Waals surface area contributed by atoms with Gasteiger partial charge in [-0.05, 0) is 36.1 Å². The summed E-state index contributed by atoms with van der Waals surface area (Å²) in [5.41, 5.74) is 3.87. The summed E-state index contributed by atoms with van der Waals surface area (Å²) in [5.74, 6) is -1.11. The number of nitrogens with zero attached hydrogens (tertiary/aromatic N) is 1. The lowest BCUT2D eigenvalue weighted by atomic mass is 9.98. The summed E-state index contributed by atoms with van der Waals surface area (Å²) < 4.78 is 11.2. The van der Waals surface area contributed by atoms with Crippen LogP contribution in [0.25, 0.3) is 11.1 Å². The molecular formula is C22H23NO5. The quantitative estimate of drug-likeness (QED) is 0.881. The predicted molar refractivity (Wildman–Crippen MR) is 103 cm³/mol. The lowest BCUT2D eigenvalue weighted by Crippen LogP contribution is -2.56. The van der Waals surface area contributed by atoms with E-state index in [9.17, 15) is 14.7 Å². The van der Waals surface area contributed by atoms with E-state index >= 15 is 0 Å². The van der Waals surface area contributed by atoms with E-state index in [1.165, 1.54) is 4.90 Å². The highest BCUT2D eigenvalue weighted by Crippen LogP contribution is 2.44. The van der Waals surface area contributed by atoms with Crippen molar-refractivity contribution in [3.8, 4) is 11.1 Å². The SMILES string of the molecule is CC1(C)CN(C(=O)OCC2c3ccccc3-c3ccccc32)CC(C(=O)O)O1. The maximum Gasteiger partial charge on any atom is 0.409 e. The van der Waals surface area contributed by atoms with E-state index in [-0.39, 0.29) is 25.6 Å². The van der Waals surface area contributed by atoms with Crippen molar-refractivity contribution >= 4 is 12.1 Å². The Morgan fingerprint density at radius 1 is 1.11 bits per heavy atom. The number of carboxylic acids is 1. The van der Waals surface area contributed by atoms with Crippen LogP contribution in [0.15, 0.2) is 48.5 Å². The highest BCUT2D eigenvalue weighted by molar-refractivity contribution is 5.79. The van der Waals surface area contributed by atoms with Crippen LogP contribution in [0.4, 0.5) is 4.79 Å². The number of hydrogen-bond donors (Lipinski definition) is 1. The maximum atomic E-state index is 12.7. The van der Waals surface area contributed by atoms with Crippen LogP contribution < -0.4 is 0 Å². The molecule has 1 fully saturated rings. The first-order chi connectivity index (χ1) is 13.4. The van der Waals surface area contributed by atoms with E-state index in [2.05, 4.69) is 24.3 Å². The predicted octanol–water partition coefficient (Wildman–Crippen LogP) is 3.50. The van der Waals surface area contributed by atoms with Gasteiger partial charge in [-0.25, -0.2) is 9.59 Å². The molecule has 2 aromatic rings. The van der Waals surface area contributed by atoms with Gasteiger partial charge in [-0.2, -0.15) is 0 Å². The van der Waals surface area contributed by atoms with E-state index in [4.69, 9.17) is 9.47 Å². The molecule has 1 saturated heterocycles. The molecule has 1 unspecified atom stereocenters. The third-order valence-electron chi connectivity index (χ3n) is 5.29. The molecule has 1 aliphatic carbocycles. The largest absolute Gasteiger partial charge is 0.479 e. The number of morpholine rings is 1. The molecule has 1 heterocycles. The number of amides is 1. The Kier molecular flexibility index (Phi) is 4.59. The fraction of sp³-hybridized carbons (Fsp3) is 0.364. The average Bonchev–Trinajstić information content (AvgIpc) is 2.99. The Hall–Kier alpha value is -2.86. The van der Waals surface area contributed by atoms with Gasteiger partial charge in [0.2, 0.25) is 0 Å². The van der Waals surface area contributed by atoms with E-state index < -0.39 is 23.8 Å². The van der Waals surface area contributed by atoms with Crippen LogP contribution in [0.2, 0.25) is 0 Å². The summed E-state index contributed by atoms with van der Waals surface area (Å²) >= 11 is 0. The number of fused-ring (bicyclic) bond motifs is 3. The van der Waals surface area contributed by atoms with Crippen LogP contribution >= 0.6 is 0 Å². The van der Waals surface area contributed by atoms with Crippen molar-refractivity contribution in [1.82, 2.24) is 4.90 Å². The second-order valence-corrected chi connectivity index (χ2v) is 7.89. The van der Waals surface area contributed by atoms with Gasteiger partial charge >= 0.3 is 12.1 Å². The van der Waals surface area contributed by atoms with Gasteiger partial charge in [0.25, 0.3) is 0 Å². The number of benzene rings is 2. The number of carbonyl (C=O) groups excluding carboxylic acids is 1. The number of carbonyl (C=O) groups is 2. The van der Waals surface area contributed by atoms with E-state index in [1.807, 2.05) is 24.3 Å². The first-order valence-electron chi connectivity index (χ1n) is 9.36. The van der Waals surface area contributed by atoms with E-state index in [0.29, 0.717) is 0 Å². The Bertz CT molecular complexity index is 877. The van der Waals surface area contributed by atoms with Crippen LogP contribution in [0.5, 0.6) is 0 Å². The number of carboxylic acid groups (broad SMARTS) is 1. The van der Waals surface area contributed by atoms with Crippen LogP contribution in [-0.4, -0.2) is 53.5 Å². The fourth-order valence-electron chi connectivity index (χ4n) is 4.14. The molecule has 0 spiro atoms. The Morgan fingerprint density at radius 3 is 2.25 bits per heavy atom. The monoisotopic (exact) mass is 381 g/mol. The zero-order chi connectivity index (χ0) is 19.9. The zero-order valence-corrected chi connectivity index (χ0v) is 15.9. The first kappa shape index (κ1) is 18.5. The normalized spacial score (nSPS) is 20.4. The number of ether oxygens (including phenoxy) is 2. The molecule has 4 rings (SSSR count). The molecule has 6 nitrogen and oxygen atoms in total. The summed E-state index contributed by atoms with van der Waals surface area (Å²) in [6, 6.07) is 16.3. The summed E-state index contributed by atoms with van der Waals surface area (Å²) in [5, 5.41) is 9.29. The minimum atomic E-state index is -1.08. The molecular weight excluding hydrogens is 358 g/mol. The van der Waals surface area contributed by atoms with Gasteiger partial charge < -0.3 is 19.5 Å². The number of hydrogen-bond acceptors (Lipinski definition) is 4. The minimum absolute atomic E-state index is 0.0184. The van der Waals surface area contributed by atoms with Gasteiger partial charge in [-0.1, -0.05) is 48.5 Å². The lowest BCUT2D eigenvalue weighted by molar-refractivity contribution is -0.175. The molecule has 1 N–H and O–H groups in total. The highest BCUT2D eigenvalue weighted by Gasteiger charge is 2.40. The lowest BCUT2D eigenvalue weighted by Gasteiger charge is -2.40. The molecule has 0 aromatic heterocycles. The van der Waals surface area contributed by atoms with Gasteiger partial charge in [0.05, 0.1) is 18.7 Å². The smallest absolute Gasteiger partial charge is 0.409 e. The van der Waals surface area contributed by atoms with Gasteiger partial charge in [0.1, 0.15) is 6.61 Å². The molecule has 0 saturated carbocycles. The molecule has 146 valence electrons. The Balaban J connectivity index is 1.50. The van der Waals surface area contributed by atoms with Gasteiger partial charge in [-0.15, -0.1) is 0 Å². The zero-order valence-electron chi connectivity index (χ0n) is 15.9. The van der Waals surface area contributed by atoms with E-state index in [0.717, 1.165) is 22.3 Å². The number of rotatable bonds is 3. The summed E-state index contributed by atoms with van der Waals surface area (Å²) in [6.07, 6.45) is -1.56. The first-order valence-corrected chi connectivity index (χ1v) is 9.36. The van der Waals surface area contributed by atoms with Crippen LogP contribution in [0, 0.1) is 0 Å². The van der Waals surface area contributed by atoms with Crippen LogP contribution in [-0.2, 0) is 14.3 Å². The topological polar surface area (TPSA) is 76.1 Å². The van der Waals surface area contributed by atoms with Crippen LogP contribution in [0.3, 0.4) is 0 Å². The van der Waals surface area contributed by atoms with Crippen molar-refractivity contribution < 1.29 is 24.2 Å². The Morgan fingerprint density at radius 2 is 1.68 bits per heavy atom. The molecule has 1 amide bonds. The fourth-order valence-corrected chi connectivity index (χ4v) is 4.14. The maximum absolute atomic E-state index is 12.7. The van der Waals surface area contributed by atoms with Gasteiger partial charge in [0, 0.05) is 5.92 Å². The molecule has 2 aromatic carbocycles. The van der Waals surface area contributed by atoms with Crippen molar-refractivity contribution in [2.45, 2.75) is 31.5 Å². The van der Waals surface area contributed by atoms with Crippen molar-refractivity contribution in [1.29, 1.82) is 0 Å². The molecule has 1 atom stereocenters. The molecule has 1 aliphatic heterocycles. The van der Waals surface area contributed by atoms with Crippen molar-refractivity contribution in [2.24, 2.45) is 0 Å². The number of aliphatic carboxylic acids is 1. The van der Waals surface area contributed by atoms with Crippen molar-refractivity contribution in [3.63, 3.8) is 0 Å². The molecule has 0 radical (unpaired) electrons.